The first kappa shape index (κ1) is 17.4. The van der Waals surface area contributed by atoms with Gasteiger partial charge in [-0.15, -0.1) is 0 Å². The molecule has 0 spiro atoms. The van der Waals surface area contributed by atoms with Crippen LogP contribution in [0.3, 0.4) is 0 Å². The lowest BCUT2D eigenvalue weighted by Crippen LogP contribution is -2.38. The fraction of sp³-hybridized carbons (Fsp3) is 0.786. The fourth-order valence-electron chi connectivity index (χ4n) is 2.24. The van der Waals surface area contributed by atoms with E-state index in [1.807, 2.05) is 4.68 Å². The van der Waals surface area contributed by atoms with Gasteiger partial charge < -0.3 is 4.74 Å². The highest BCUT2D eigenvalue weighted by Gasteiger charge is 2.18. The van der Waals surface area contributed by atoms with E-state index in [1.54, 1.807) is 7.11 Å². The molecule has 2 atom stereocenters. The maximum absolute atomic E-state index is 6.42. The van der Waals surface area contributed by atoms with Crippen LogP contribution in [0.15, 0.2) is 0 Å². The van der Waals surface area contributed by atoms with Crippen LogP contribution in [0.1, 0.15) is 45.0 Å². The Hall–Kier alpha value is -0.620. The van der Waals surface area contributed by atoms with Gasteiger partial charge in [0.1, 0.15) is 0 Å². The minimum Gasteiger partial charge on any atom is -0.382 e. The number of hydrazine groups is 1. The summed E-state index contributed by atoms with van der Waals surface area (Å²) in [4.78, 5) is 0. The summed E-state index contributed by atoms with van der Waals surface area (Å²) in [7, 11) is 1.73. The second-order valence-corrected chi connectivity index (χ2v) is 5.45. The highest BCUT2D eigenvalue weighted by Crippen LogP contribution is 2.23. The smallest absolute Gasteiger partial charge is 0.0850 e. The van der Waals surface area contributed by atoms with Crippen LogP contribution in [0.5, 0.6) is 0 Å². The van der Waals surface area contributed by atoms with Gasteiger partial charge >= 0.3 is 0 Å². The Labute approximate surface area is 126 Å². The average Bonchev–Trinajstić information content (AvgIpc) is 2.78. The molecule has 0 fully saturated rings. The summed E-state index contributed by atoms with van der Waals surface area (Å²) in [5, 5.41) is 5.32. The lowest BCUT2D eigenvalue weighted by Gasteiger charge is -2.18. The van der Waals surface area contributed by atoms with E-state index in [2.05, 4.69) is 31.3 Å². The second-order valence-electron chi connectivity index (χ2n) is 5.07. The van der Waals surface area contributed by atoms with Gasteiger partial charge in [-0.3, -0.25) is 16.0 Å². The predicted molar refractivity (Wildman–Crippen MR) is 82.8 cm³/mol. The molecule has 0 radical (unpaired) electrons. The SMILES string of the molecule is CCc1nn(CC)c(CC(CCC(C)OC)NN)c1Cl. The highest BCUT2D eigenvalue weighted by molar-refractivity contribution is 6.31. The van der Waals surface area contributed by atoms with Crippen molar-refractivity contribution in [3.05, 3.63) is 16.4 Å². The molecule has 6 heteroatoms. The Morgan fingerprint density at radius 2 is 2.10 bits per heavy atom. The Kier molecular flexibility index (Phi) is 7.51. The van der Waals surface area contributed by atoms with Gasteiger partial charge in [0.05, 0.1) is 22.5 Å². The summed E-state index contributed by atoms with van der Waals surface area (Å²) in [6.45, 7) is 7.02. The van der Waals surface area contributed by atoms with E-state index in [0.29, 0.717) is 0 Å². The molecule has 0 bridgehead atoms. The van der Waals surface area contributed by atoms with Gasteiger partial charge in [0.2, 0.25) is 0 Å². The molecule has 1 aromatic heterocycles. The van der Waals surface area contributed by atoms with Gasteiger partial charge in [0.25, 0.3) is 0 Å². The first-order valence-corrected chi connectivity index (χ1v) is 7.68. The first-order valence-electron chi connectivity index (χ1n) is 7.30. The van der Waals surface area contributed by atoms with Crippen molar-refractivity contribution >= 4 is 11.6 Å². The van der Waals surface area contributed by atoms with Crippen molar-refractivity contribution in [3.8, 4) is 0 Å². The van der Waals surface area contributed by atoms with Gasteiger partial charge in [-0.25, -0.2) is 0 Å². The van der Waals surface area contributed by atoms with Crippen molar-refractivity contribution in [1.82, 2.24) is 15.2 Å². The van der Waals surface area contributed by atoms with E-state index in [-0.39, 0.29) is 12.1 Å². The molecule has 1 aromatic rings. The zero-order valence-electron chi connectivity index (χ0n) is 12.9. The second kappa shape index (κ2) is 8.62. The topological polar surface area (TPSA) is 65.1 Å². The van der Waals surface area contributed by atoms with Crippen LogP contribution in [-0.4, -0.2) is 29.0 Å². The van der Waals surface area contributed by atoms with E-state index in [1.165, 1.54) is 0 Å². The number of methoxy groups -OCH3 is 1. The quantitative estimate of drug-likeness (QED) is 0.543. The van der Waals surface area contributed by atoms with Crippen LogP contribution in [0.2, 0.25) is 5.02 Å². The summed E-state index contributed by atoms with van der Waals surface area (Å²) in [5.74, 6) is 5.67. The van der Waals surface area contributed by atoms with Crippen molar-refractivity contribution in [2.45, 2.75) is 65.1 Å². The van der Waals surface area contributed by atoms with Gasteiger partial charge in [-0.2, -0.15) is 5.10 Å². The lowest BCUT2D eigenvalue weighted by molar-refractivity contribution is 0.106. The molecule has 0 aliphatic rings. The lowest BCUT2D eigenvalue weighted by atomic mass is 10.0. The van der Waals surface area contributed by atoms with Gasteiger partial charge in [-0.05, 0) is 33.1 Å². The molecule has 1 heterocycles. The van der Waals surface area contributed by atoms with E-state index in [9.17, 15) is 0 Å². The van der Waals surface area contributed by atoms with Crippen LogP contribution >= 0.6 is 11.6 Å². The zero-order chi connectivity index (χ0) is 15.1. The van der Waals surface area contributed by atoms with Crippen molar-refractivity contribution in [2.75, 3.05) is 7.11 Å². The number of nitrogens with two attached hydrogens (primary N) is 1. The Morgan fingerprint density at radius 3 is 2.60 bits per heavy atom. The first-order chi connectivity index (χ1) is 9.57. The number of hydrogen-bond acceptors (Lipinski definition) is 4. The Bertz CT molecular complexity index is 408. The van der Waals surface area contributed by atoms with E-state index < -0.39 is 0 Å². The number of halogens is 1. The van der Waals surface area contributed by atoms with Gasteiger partial charge in [0, 0.05) is 26.1 Å². The maximum Gasteiger partial charge on any atom is 0.0850 e. The number of nitrogens with one attached hydrogen (secondary N) is 1. The third-order valence-corrected chi connectivity index (χ3v) is 4.13. The standard InChI is InChI=1S/C14H27ClN4O/c1-5-12-14(15)13(19(6-2)18-12)9-11(17-16)8-7-10(3)20-4/h10-11,17H,5-9,16H2,1-4H3. The van der Waals surface area contributed by atoms with Crippen molar-refractivity contribution in [3.63, 3.8) is 0 Å². The molecule has 0 aromatic carbocycles. The summed E-state index contributed by atoms with van der Waals surface area (Å²) in [6.07, 6.45) is 3.78. The molecule has 0 saturated carbocycles. The number of aryl methyl sites for hydroxylation is 2. The molecule has 2 unspecified atom stereocenters. The Morgan fingerprint density at radius 1 is 1.40 bits per heavy atom. The monoisotopic (exact) mass is 302 g/mol. The van der Waals surface area contributed by atoms with Crippen molar-refractivity contribution in [2.24, 2.45) is 5.84 Å². The predicted octanol–water partition coefficient (Wildman–Crippen LogP) is 2.31. The summed E-state index contributed by atoms with van der Waals surface area (Å²) in [5.41, 5.74) is 4.91. The molecule has 0 amide bonds. The number of rotatable bonds is 9. The number of ether oxygens (including phenoxy) is 1. The Balaban J connectivity index is 2.76. The zero-order valence-corrected chi connectivity index (χ0v) is 13.7. The van der Waals surface area contributed by atoms with Crippen molar-refractivity contribution < 1.29 is 4.74 Å². The number of aromatic nitrogens is 2. The molecule has 3 N–H and O–H groups in total. The van der Waals surface area contributed by atoms with Crippen molar-refractivity contribution in [1.29, 1.82) is 0 Å². The average molecular weight is 303 g/mol. The van der Waals surface area contributed by atoms with Crippen LogP contribution in [0, 0.1) is 0 Å². The number of nitrogens with zero attached hydrogens (tertiary/aromatic N) is 2. The summed E-state index contributed by atoms with van der Waals surface area (Å²) >= 11 is 6.42. The number of hydrogen-bond donors (Lipinski definition) is 2. The van der Waals surface area contributed by atoms with Crippen LogP contribution < -0.4 is 11.3 Å². The molecular formula is C14H27ClN4O. The normalized spacial score (nSPS) is 14.5. The third-order valence-electron chi connectivity index (χ3n) is 3.69. The molecular weight excluding hydrogens is 276 g/mol. The third kappa shape index (κ3) is 4.45. The van der Waals surface area contributed by atoms with Gasteiger partial charge in [0.15, 0.2) is 0 Å². The maximum atomic E-state index is 6.42. The van der Waals surface area contributed by atoms with E-state index in [4.69, 9.17) is 22.2 Å². The van der Waals surface area contributed by atoms with Crippen LogP contribution in [0.25, 0.3) is 0 Å². The molecule has 1 rings (SSSR count). The van der Waals surface area contributed by atoms with E-state index >= 15 is 0 Å². The van der Waals surface area contributed by atoms with Gasteiger partial charge in [-0.1, -0.05) is 18.5 Å². The summed E-state index contributed by atoms with van der Waals surface area (Å²) < 4.78 is 7.25. The molecule has 116 valence electrons. The minimum atomic E-state index is 0.178. The summed E-state index contributed by atoms with van der Waals surface area (Å²) in [6, 6.07) is 0.178. The fourth-order valence-corrected chi connectivity index (χ4v) is 2.59. The largest absolute Gasteiger partial charge is 0.382 e. The molecule has 0 saturated heterocycles. The minimum absolute atomic E-state index is 0.178. The molecule has 0 aliphatic heterocycles. The molecule has 20 heavy (non-hydrogen) atoms. The highest BCUT2D eigenvalue weighted by atomic mass is 35.5. The van der Waals surface area contributed by atoms with Crippen LogP contribution in [0.4, 0.5) is 0 Å². The van der Waals surface area contributed by atoms with Crippen LogP contribution in [-0.2, 0) is 24.1 Å². The van der Waals surface area contributed by atoms with E-state index in [0.717, 1.165) is 48.6 Å². The molecule has 0 aliphatic carbocycles. The molecule has 5 nitrogen and oxygen atoms in total.